The zero-order chi connectivity index (χ0) is 19.4. The molecule has 0 aliphatic rings. The van der Waals surface area contributed by atoms with Crippen LogP contribution in [-0.2, 0) is 0 Å². The minimum Gasteiger partial charge on any atom is -0.344 e. The largest absolute Gasteiger partial charge is 0.344 e. The van der Waals surface area contributed by atoms with E-state index in [9.17, 15) is 9.59 Å². The smallest absolute Gasteiger partial charge is 0.272 e. The first-order valence-corrected chi connectivity index (χ1v) is 8.82. The Morgan fingerprint density at radius 3 is 2.41 bits per heavy atom. The van der Waals surface area contributed by atoms with Gasteiger partial charge < -0.3 is 10.6 Å². The summed E-state index contributed by atoms with van der Waals surface area (Å²) in [6.07, 6.45) is 0. The monoisotopic (exact) mass is 382 g/mol. The first-order valence-electron chi connectivity index (χ1n) is 8.44. The van der Waals surface area contributed by atoms with Crippen LogP contribution in [0.4, 0.5) is 5.82 Å². The van der Waals surface area contributed by atoms with Crippen LogP contribution in [0.1, 0.15) is 44.9 Å². The van der Waals surface area contributed by atoms with Crippen molar-refractivity contribution in [1.82, 2.24) is 15.5 Å². The third-order valence-electron chi connectivity index (χ3n) is 4.23. The maximum Gasteiger partial charge on any atom is 0.272 e. The van der Waals surface area contributed by atoms with Crippen LogP contribution in [-0.4, -0.2) is 22.0 Å². The molecule has 0 aliphatic heterocycles. The zero-order valence-electron chi connectivity index (χ0n) is 14.9. The quantitative estimate of drug-likeness (QED) is 0.620. The predicted octanol–water partition coefficient (Wildman–Crippen LogP) is 4.11. The number of nitrogens with one attached hydrogen (secondary N) is 3. The van der Waals surface area contributed by atoms with Crippen LogP contribution in [0.25, 0.3) is 0 Å². The first kappa shape index (κ1) is 18.7. The second kappa shape index (κ2) is 8.05. The summed E-state index contributed by atoms with van der Waals surface area (Å²) in [4.78, 5) is 24.9. The van der Waals surface area contributed by atoms with Gasteiger partial charge >= 0.3 is 0 Å². The van der Waals surface area contributed by atoms with E-state index in [0.29, 0.717) is 22.0 Å². The third-order valence-corrected chi connectivity index (χ3v) is 4.56. The van der Waals surface area contributed by atoms with Gasteiger partial charge in [0.05, 0.1) is 16.6 Å². The summed E-state index contributed by atoms with van der Waals surface area (Å²) >= 11 is 6.05. The second-order valence-corrected chi connectivity index (χ2v) is 6.52. The number of halogens is 1. The van der Waals surface area contributed by atoms with Gasteiger partial charge in [-0.15, -0.1) is 0 Å². The normalized spacial score (nSPS) is 11.7. The van der Waals surface area contributed by atoms with E-state index in [1.807, 2.05) is 37.3 Å². The van der Waals surface area contributed by atoms with Crippen LogP contribution in [0, 0.1) is 6.92 Å². The van der Waals surface area contributed by atoms with Gasteiger partial charge in [-0.05, 0) is 31.5 Å². The lowest BCUT2D eigenvalue weighted by Crippen LogP contribution is -2.27. The molecule has 0 spiro atoms. The highest BCUT2D eigenvalue weighted by Crippen LogP contribution is 2.20. The van der Waals surface area contributed by atoms with Crippen LogP contribution < -0.4 is 10.6 Å². The van der Waals surface area contributed by atoms with E-state index in [1.165, 1.54) is 0 Å². The van der Waals surface area contributed by atoms with Gasteiger partial charge in [0.15, 0.2) is 5.69 Å². The van der Waals surface area contributed by atoms with Crippen molar-refractivity contribution in [2.45, 2.75) is 19.9 Å². The Kier molecular flexibility index (Phi) is 5.57. The maximum atomic E-state index is 12.5. The van der Waals surface area contributed by atoms with E-state index in [2.05, 4.69) is 20.8 Å². The SMILES string of the molecule is Cc1c(C(=O)NC(C)c2ccccc2)n[nH]c1NC(=O)c1ccccc1Cl. The number of hydrogen-bond donors (Lipinski definition) is 3. The Balaban J connectivity index is 1.72. The number of aromatic amines is 1. The lowest BCUT2D eigenvalue weighted by molar-refractivity contribution is 0.0933. The number of hydrogen-bond acceptors (Lipinski definition) is 3. The molecule has 1 aromatic heterocycles. The summed E-state index contributed by atoms with van der Waals surface area (Å²) in [7, 11) is 0. The first-order chi connectivity index (χ1) is 13.0. The van der Waals surface area contributed by atoms with E-state index < -0.39 is 0 Å². The molecule has 0 radical (unpaired) electrons. The molecule has 3 aromatic rings. The standard InChI is InChI=1S/C20H19ClN4O2/c1-12-17(20(27)22-13(2)14-8-4-3-5-9-14)24-25-18(12)23-19(26)15-10-6-7-11-16(15)21/h3-11,13H,1-2H3,(H,22,27)(H2,23,24,25,26). The summed E-state index contributed by atoms with van der Waals surface area (Å²) in [6.45, 7) is 3.61. The molecule has 0 saturated heterocycles. The molecule has 138 valence electrons. The van der Waals surface area contributed by atoms with Crippen molar-refractivity contribution in [1.29, 1.82) is 0 Å². The Labute approximate surface area is 161 Å². The molecular weight excluding hydrogens is 364 g/mol. The average Bonchev–Trinajstić information content (AvgIpc) is 3.03. The van der Waals surface area contributed by atoms with Crippen LogP contribution >= 0.6 is 11.6 Å². The van der Waals surface area contributed by atoms with Gasteiger partial charge in [-0.1, -0.05) is 54.1 Å². The highest BCUT2D eigenvalue weighted by Gasteiger charge is 2.20. The fourth-order valence-electron chi connectivity index (χ4n) is 2.66. The number of benzene rings is 2. The number of rotatable bonds is 5. The Bertz CT molecular complexity index is 969. The number of anilines is 1. The minimum absolute atomic E-state index is 0.170. The molecule has 6 nitrogen and oxygen atoms in total. The van der Waals surface area contributed by atoms with E-state index in [-0.39, 0.29) is 23.6 Å². The van der Waals surface area contributed by atoms with Crippen molar-refractivity contribution in [2.24, 2.45) is 0 Å². The highest BCUT2D eigenvalue weighted by molar-refractivity contribution is 6.34. The van der Waals surface area contributed by atoms with Crippen molar-refractivity contribution in [2.75, 3.05) is 5.32 Å². The lowest BCUT2D eigenvalue weighted by Gasteiger charge is -2.13. The predicted molar refractivity (Wildman–Crippen MR) is 105 cm³/mol. The second-order valence-electron chi connectivity index (χ2n) is 6.11. The Morgan fingerprint density at radius 2 is 1.70 bits per heavy atom. The molecule has 0 saturated carbocycles. The summed E-state index contributed by atoms with van der Waals surface area (Å²) in [5, 5.41) is 12.7. The molecule has 1 unspecified atom stereocenters. The minimum atomic E-state index is -0.378. The van der Waals surface area contributed by atoms with Gasteiger partial charge in [-0.3, -0.25) is 14.7 Å². The van der Waals surface area contributed by atoms with Crippen molar-refractivity contribution in [3.8, 4) is 0 Å². The number of aromatic nitrogens is 2. The third kappa shape index (κ3) is 4.17. The van der Waals surface area contributed by atoms with Crippen LogP contribution in [0.15, 0.2) is 54.6 Å². The lowest BCUT2D eigenvalue weighted by atomic mass is 10.1. The van der Waals surface area contributed by atoms with Crippen LogP contribution in [0.3, 0.4) is 0 Å². The number of carbonyl (C=O) groups is 2. The van der Waals surface area contributed by atoms with E-state index >= 15 is 0 Å². The van der Waals surface area contributed by atoms with Gasteiger partial charge in [0.1, 0.15) is 5.82 Å². The highest BCUT2D eigenvalue weighted by atomic mass is 35.5. The molecule has 0 bridgehead atoms. The zero-order valence-corrected chi connectivity index (χ0v) is 15.7. The van der Waals surface area contributed by atoms with Crippen molar-refractivity contribution >= 4 is 29.2 Å². The fourth-order valence-corrected chi connectivity index (χ4v) is 2.88. The summed E-state index contributed by atoms with van der Waals surface area (Å²) in [5.41, 5.74) is 2.11. The maximum absolute atomic E-state index is 12.5. The number of nitrogens with zero attached hydrogens (tertiary/aromatic N) is 1. The van der Waals surface area contributed by atoms with Crippen LogP contribution in [0.5, 0.6) is 0 Å². The number of carbonyl (C=O) groups excluding carboxylic acids is 2. The Morgan fingerprint density at radius 1 is 1.04 bits per heavy atom. The van der Waals surface area contributed by atoms with Gasteiger partial charge in [-0.2, -0.15) is 5.10 Å². The van der Waals surface area contributed by atoms with Crippen LogP contribution in [0.2, 0.25) is 5.02 Å². The van der Waals surface area contributed by atoms with E-state index in [0.717, 1.165) is 5.56 Å². The summed E-state index contributed by atoms with van der Waals surface area (Å²) in [5.74, 6) is -0.340. The number of amides is 2. The molecular formula is C20H19ClN4O2. The molecule has 7 heteroatoms. The fraction of sp³-hybridized carbons (Fsp3) is 0.150. The summed E-state index contributed by atoms with van der Waals surface area (Å²) in [6, 6.07) is 16.2. The molecule has 27 heavy (non-hydrogen) atoms. The topological polar surface area (TPSA) is 86.9 Å². The van der Waals surface area contributed by atoms with Crippen molar-refractivity contribution < 1.29 is 9.59 Å². The van der Waals surface area contributed by atoms with Crippen molar-refractivity contribution in [3.63, 3.8) is 0 Å². The van der Waals surface area contributed by atoms with Gasteiger partial charge in [0, 0.05) is 5.56 Å². The molecule has 1 atom stereocenters. The Hall–Kier alpha value is -3.12. The molecule has 0 aliphatic carbocycles. The molecule has 2 amide bonds. The van der Waals surface area contributed by atoms with Crippen molar-refractivity contribution in [3.05, 3.63) is 82.0 Å². The molecule has 2 aromatic carbocycles. The average molecular weight is 383 g/mol. The van der Waals surface area contributed by atoms with Gasteiger partial charge in [0.25, 0.3) is 11.8 Å². The number of H-pyrrole nitrogens is 1. The molecule has 1 heterocycles. The molecule has 0 fully saturated rings. The van der Waals surface area contributed by atoms with Gasteiger partial charge in [0.2, 0.25) is 0 Å². The van der Waals surface area contributed by atoms with Gasteiger partial charge in [-0.25, -0.2) is 0 Å². The van der Waals surface area contributed by atoms with E-state index in [1.54, 1.807) is 31.2 Å². The molecule has 3 rings (SSSR count). The molecule has 3 N–H and O–H groups in total. The van der Waals surface area contributed by atoms with E-state index in [4.69, 9.17) is 11.6 Å². The summed E-state index contributed by atoms with van der Waals surface area (Å²) < 4.78 is 0.